The van der Waals surface area contributed by atoms with Gasteiger partial charge in [0.1, 0.15) is 5.76 Å². The lowest BCUT2D eigenvalue weighted by Gasteiger charge is -2.20. The third kappa shape index (κ3) is 3.93. The van der Waals surface area contributed by atoms with E-state index in [2.05, 4.69) is 10.5 Å². The van der Waals surface area contributed by atoms with Gasteiger partial charge in [-0.25, -0.2) is 10.2 Å². The lowest BCUT2D eigenvalue weighted by atomic mass is 9.93. The van der Waals surface area contributed by atoms with Gasteiger partial charge in [-0.3, -0.25) is 4.79 Å². The van der Waals surface area contributed by atoms with Crippen LogP contribution < -0.4 is 10.3 Å². The largest absolute Gasteiger partial charge is 0.455 e. The molecule has 0 aliphatic heterocycles. The molecule has 0 atom stereocenters. The maximum atomic E-state index is 13.2. The minimum atomic E-state index is -0.596. The molecule has 1 aromatic heterocycles. The molecule has 0 fully saturated rings. The average molecular weight is 383 g/mol. The van der Waals surface area contributed by atoms with Crippen LogP contribution in [0.15, 0.2) is 39.9 Å². The highest BCUT2D eigenvalue weighted by Gasteiger charge is 2.30. The maximum absolute atomic E-state index is 13.2. The van der Waals surface area contributed by atoms with Crippen molar-refractivity contribution in [2.45, 2.75) is 40.0 Å². The number of benzene rings is 1. The average Bonchev–Trinajstić information content (AvgIpc) is 3.05. The summed E-state index contributed by atoms with van der Waals surface area (Å²) in [4.78, 5) is 26.4. The normalized spacial score (nSPS) is 14.5. The van der Waals surface area contributed by atoms with Gasteiger partial charge in [0.15, 0.2) is 5.76 Å². The van der Waals surface area contributed by atoms with Crippen molar-refractivity contribution in [3.05, 3.63) is 53.0 Å². The van der Waals surface area contributed by atoms with Crippen LogP contribution in [-0.2, 0) is 11.2 Å². The number of hydrogen-bond acceptors (Lipinski definition) is 5. The first-order valence-electron chi connectivity index (χ1n) is 9.55. The van der Waals surface area contributed by atoms with E-state index in [0.29, 0.717) is 24.4 Å². The number of amides is 2. The molecule has 2 aromatic rings. The number of aryl methyl sites for hydroxylation is 1. The summed E-state index contributed by atoms with van der Waals surface area (Å²) < 4.78 is 10.8. The number of carbonyl (C=O) groups excluding carboxylic acids is 2. The zero-order valence-corrected chi connectivity index (χ0v) is 16.4. The van der Waals surface area contributed by atoms with Gasteiger partial charge >= 0.3 is 6.09 Å². The number of anilines is 1. The second-order valence-electron chi connectivity index (χ2n) is 6.48. The number of hydrogen-bond donors (Lipinski definition) is 1. The second kappa shape index (κ2) is 8.73. The van der Waals surface area contributed by atoms with E-state index in [-0.39, 0.29) is 12.5 Å². The number of hydrazone groups is 1. The van der Waals surface area contributed by atoms with E-state index >= 15 is 0 Å². The second-order valence-corrected chi connectivity index (χ2v) is 6.48. The van der Waals surface area contributed by atoms with Gasteiger partial charge in [0, 0.05) is 29.8 Å². The number of para-hydroxylation sites is 1. The van der Waals surface area contributed by atoms with Crippen molar-refractivity contribution >= 4 is 23.4 Å². The predicted octanol–water partition coefficient (Wildman–Crippen LogP) is 4.04. The molecule has 0 saturated carbocycles. The molecule has 1 aromatic carbocycles. The van der Waals surface area contributed by atoms with Crippen LogP contribution in [0.3, 0.4) is 0 Å². The molecule has 148 valence electrons. The highest BCUT2D eigenvalue weighted by Crippen LogP contribution is 2.31. The van der Waals surface area contributed by atoms with Crippen LogP contribution in [-0.4, -0.2) is 30.9 Å². The van der Waals surface area contributed by atoms with E-state index in [1.807, 2.05) is 44.2 Å². The first-order valence-corrected chi connectivity index (χ1v) is 9.55. The van der Waals surface area contributed by atoms with Crippen LogP contribution in [0, 0.1) is 6.92 Å². The Morgan fingerprint density at radius 1 is 1.21 bits per heavy atom. The van der Waals surface area contributed by atoms with E-state index < -0.39 is 6.09 Å². The van der Waals surface area contributed by atoms with Crippen molar-refractivity contribution in [2.75, 3.05) is 18.1 Å². The van der Waals surface area contributed by atoms with Crippen molar-refractivity contribution in [3.63, 3.8) is 0 Å². The topological polar surface area (TPSA) is 84.1 Å². The summed E-state index contributed by atoms with van der Waals surface area (Å²) in [7, 11) is 0. The van der Waals surface area contributed by atoms with Crippen molar-refractivity contribution in [3.8, 4) is 0 Å². The van der Waals surface area contributed by atoms with E-state index in [0.717, 1.165) is 35.4 Å². The summed E-state index contributed by atoms with van der Waals surface area (Å²) in [6, 6.07) is 9.51. The van der Waals surface area contributed by atoms with E-state index in [1.165, 1.54) is 0 Å². The highest BCUT2D eigenvalue weighted by atomic mass is 16.5. The fraction of sp³-hybridized carbons (Fsp3) is 0.381. The number of furan rings is 1. The first kappa shape index (κ1) is 19.7. The number of ether oxygens (including phenoxy) is 1. The number of rotatable bonds is 5. The Bertz CT molecular complexity index is 887. The van der Waals surface area contributed by atoms with Crippen LogP contribution >= 0.6 is 0 Å². The highest BCUT2D eigenvalue weighted by molar-refractivity contribution is 6.10. The van der Waals surface area contributed by atoms with Crippen LogP contribution in [0.5, 0.6) is 0 Å². The molecule has 7 nitrogen and oxygen atoms in total. The zero-order valence-electron chi connectivity index (χ0n) is 16.4. The quantitative estimate of drug-likeness (QED) is 0.790. The molecule has 1 N–H and O–H groups in total. The summed E-state index contributed by atoms with van der Waals surface area (Å²) in [6.45, 7) is 6.32. The van der Waals surface area contributed by atoms with Crippen LogP contribution in [0.4, 0.5) is 10.5 Å². The van der Waals surface area contributed by atoms with Crippen molar-refractivity contribution in [2.24, 2.45) is 5.10 Å². The Balaban J connectivity index is 1.92. The number of nitrogens with zero attached hydrogens (tertiary/aromatic N) is 2. The molecule has 28 heavy (non-hydrogen) atoms. The van der Waals surface area contributed by atoms with E-state index in [1.54, 1.807) is 11.8 Å². The molecule has 1 aliphatic rings. The third-order valence-electron chi connectivity index (χ3n) is 4.71. The number of fused-ring (bicyclic) bond motifs is 1. The van der Waals surface area contributed by atoms with Gasteiger partial charge in [0.2, 0.25) is 0 Å². The van der Waals surface area contributed by atoms with Crippen molar-refractivity contribution < 1.29 is 18.7 Å². The van der Waals surface area contributed by atoms with Gasteiger partial charge < -0.3 is 14.1 Å². The van der Waals surface area contributed by atoms with Gasteiger partial charge in [-0.2, -0.15) is 5.10 Å². The van der Waals surface area contributed by atoms with Crippen LogP contribution in [0.2, 0.25) is 0 Å². The summed E-state index contributed by atoms with van der Waals surface area (Å²) in [5.41, 5.74) is 5.50. The van der Waals surface area contributed by atoms with Gasteiger partial charge in [0.05, 0.1) is 12.3 Å². The molecule has 1 heterocycles. The molecule has 0 bridgehead atoms. The smallest absolute Gasteiger partial charge is 0.427 e. The molecule has 0 radical (unpaired) electrons. The molecule has 7 heteroatoms. The molecule has 0 unspecified atom stereocenters. The Kier molecular flexibility index (Phi) is 6.13. The maximum Gasteiger partial charge on any atom is 0.427 e. The Hall–Kier alpha value is -3.09. The first-order chi connectivity index (χ1) is 13.6. The Morgan fingerprint density at radius 2 is 1.96 bits per heavy atom. The summed E-state index contributed by atoms with van der Waals surface area (Å²) in [5, 5.41) is 4.21. The van der Waals surface area contributed by atoms with E-state index in [9.17, 15) is 9.59 Å². The lowest BCUT2D eigenvalue weighted by Crippen LogP contribution is -2.30. The fourth-order valence-electron chi connectivity index (χ4n) is 3.43. The number of nitrogens with one attached hydrogen (secondary N) is 1. The van der Waals surface area contributed by atoms with Gasteiger partial charge in [-0.05, 0) is 45.7 Å². The minimum Gasteiger partial charge on any atom is -0.455 e. The minimum absolute atomic E-state index is 0.182. The molecule has 3 rings (SSSR count). The predicted molar refractivity (Wildman–Crippen MR) is 107 cm³/mol. The number of carbonyl (C=O) groups is 2. The summed E-state index contributed by atoms with van der Waals surface area (Å²) in [6.07, 6.45) is 1.68. The zero-order chi connectivity index (χ0) is 20.1. The Labute approximate surface area is 164 Å². The molecule has 1 aliphatic carbocycles. The standard InChI is InChI=1S/C21H25N3O4/c1-4-24(15-10-7-6-8-11-15)20(25)19-14(3)18-16(12-9-13-17(18)28-19)22-23-21(26)27-5-2/h6-8,10-11H,4-5,9,12-13H2,1-3H3,(H,23,26)/b22-16+. The van der Waals surface area contributed by atoms with Crippen LogP contribution in [0.25, 0.3) is 0 Å². The molecule has 0 spiro atoms. The lowest BCUT2D eigenvalue weighted by molar-refractivity contribution is 0.0959. The monoisotopic (exact) mass is 383 g/mol. The van der Waals surface area contributed by atoms with Crippen molar-refractivity contribution in [1.29, 1.82) is 0 Å². The van der Waals surface area contributed by atoms with Crippen LogP contribution in [0.1, 0.15) is 54.1 Å². The van der Waals surface area contributed by atoms with Gasteiger partial charge in [-0.15, -0.1) is 0 Å². The molecular weight excluding hydrogens is 358 g/mol. The van der Waals surface area contributed by atoms with Crippen molar-refractivity contribution in [1.82, 2.24) is 5.43 Å². The summed E-state index contributed by atoms with van der Waals surface area (Å²) >= 11 is 0. The fourth-order valence-corrected chi connectivity index (χ4v) is 3.43. The third-order valence-corrected chi connectivity index (χ3v) is 4.71. The molecular formula is C21H25N3O4. The Morgan fingerprint density at radius 3 is 2.64 bits per heavy atom. The SMILES string of the molecule is CCOC(=O)N/N=C1\CCCc2oc(C(=O)N(CC)c3ccccc3)c(C)c21. The van der Waals surface area contributed by atoms with Gasteiger partial charge in [-0.1, -0.05) is 18.2 Å². The molecule has 0 saturated heterocycles. The van der Waals surface area contributed by atoms with Gasteiger partial charge in [0.25, 0.3) is 5.91 Å². The summed E-state index contributed by atoms with van der Waals surface area (Å²) in [5.74, 6) is 0.875. The molecule has 2 amide bonds. The van der Waals surface area contributed by atoms with E-state index in [4.69, 9.17) is 9.15 Å².